The van der Waals surface area contributed by atoms with Crippen LogP contribution in [0.4, 0.5) is 10.5 Å². The number of ether oxygens (including phenoxy) is 1. The van der Waals surface area contributed by atoms with Gasteiger partial charge in [0.2, 0.25) is 0 Å². The molecule has 0 unspecified atom stereocenters. The van der Waals surface area contributed by atoms with Crippen molar-refractivity contribution >= 4 is 29.4 Å². The maximum atomic E-state index is 12.1. The number of carbonyl (C=O) groups excluding carboxylic acids is 1. The summed E-state index contributed by atoms with van der Waals surface area (Å²) < 4.78 is 5.39. The molecule has 1 saturated heterocycles. The summed E-state index contributed by atoms with van der Waals surface area (Å²) in [5.74, 6) is -1.04. The first kappa shape index (κ1) is 19.3. The molecule has 0 aromatic carbocycles. The zero-order valence-corrected chi connectivity index (χ0v) is 15.7. The third kappa shape index (κ3) is 4.98. The van der Waals surface area contributed by atoms with Gasteiger partial charge in [0.1, 0.15) is 16.3 Å². The van der Waals surface area contributed by atoms with Crippen LogP contribution in [0.1, 0.15) is 44.0 Å². The van der Waals surface area contributed by atoms with Crippen LogP contribution >= 0.6 is 11.6 Å². The molecule has 2 rings (SSSR count). The molecule has 0 spiro atoms. The number of anilines is 1. The van der Waals surface area contributed by atoms with Crippen LogP contribution in [-0.2, 0) is 4.74 Å². The minimum Gasteiger partial charge on any atom is -0.478 e. The highest BCUT2D eigenvalue weighted by Gasteiger charge is 2.29. The maximum absolute atomic E-state index is 12.1. The highest BCUT2D eigenvalue weighted by atomic mass is 35.5. The summed E-state index contributed by atoms with van der Waals surface area (Å²) >= 11 is 5.93. The third-order valence-corrected chi connectivity index (χ3v) is 4.33. The van der Waals surface area contributed by atoms with Crippen molar-refractivity contribution in [3.63, 3.8) is 0 Å². The quantitative estimate of drug-likeness (QED) is 0.823. The van der Waals surface area contributed by atoms with Crippen LogP contribution in [0.15, 0.2) is 12.3 Å². The van der Waals surface area contributed by atoms with Gasteiger partial charge in [-0.05, 0) is 39.7 Å². The third-order valence-electron chi connectivity index (χ3n) is 4.12. The van der Waals surface area contributed by atoms with E-state index in [0.717, 1.165) is 12.8 Å². The Labute approximate surface area is 152 Å². The maximum Gasteiger partial charge on any atom is 0.410 e. The van der Waals surface area contributed by atoms with E-state index >= 15 is 0 Å². The lowest BCUT2D eigenvalue weighted by Gasteiger charge is -2.38. The van der Waals surface area contributed by atoms with Crippen LogP contribution < -0.4 is 4.90 Å². The predicted octanol–water partition coefficient (Wildman–Crippen LogP) is 3.27. The fourth-order valence-electron chi connectivity index (χ4n) is 2.84. The van der Waals surface area contributed by atoms with Gasteiger partial charge in [-0.2, -0.15) is 0 Å². The molecule has 0 atom stereocenters. The summed E-state index contributed by atoms with van der Waals surface area (Å²) in [5.41, 5.74) is 0.124. The van der Waals surface area contributed by atoms with Gasteiger partial charge < -0.3 is 19.6 Å². The van der Waals surface area contributed by atoms with E-state index in [9.17, 15) is 14.7 Å². The van der Waals surface area contributed by atoms with Crippen molar-refractivity contribution in [2.24, 2.45) is 0 Å². The molecule has 0 radical (unpaired) electrons. The molecule has 0 bridgehead atoms. The molecule has 25 heavy (non-hydrogen) atoms. The molecular weight excluding hydrogens is 346 g/mol. The first-order chi connectivity index (χ1) is 11.6. The number of rotatable bonds is 3. The Morgan fingerprint density at radius 1 is 1.36 bits per heavy atom. The van der Waals surface area contributed by atoms with Crippen molar-refractivity contribution in [3.8, 4) is 0 Å². The van der Waals surface area contributed by atoms with Crippen LogP contribution in [0.3, 0.4) is 0 Å². The second-order valence-corrected chi connectivity index (χ2v) is 7.53. The van der Waals surface area contributed by atoms with Gasteiger partial charge in [0, 0.05) is 32.4 Å². The summed E-state index contributed by atoms with van der Waals surface area (Å²) in [6.07, 6.45) is 2.39. The molecule has 8 heteroatoms. The van der Waals surface area contributed by atoms with Gasteiger partial charge in [-0.3, -0.25) is 0 Å². The topological polar surface area (TPSA) is 83.0 Å². The number of carboxylic acids is 1. The summed E-state index contributed by atoms with van der Waals surface area (Å²) in [7, 11) is 1.84. The number of aromatic carboxylic acids is 1. The molecule has 1 amide bonds. The molecule has 2 heterocycles. The van der Waals surface area contributed by atoms with Crippen LogP contribution in [0.25, 0.3) is 0 Å². The van der Waals surface area contributed by atoms with Gasteiger partial charge in [-0.1, -0.05) is 11.6 Å². The molecule has 0 saturated carbocycles. The molecule has 1 aliphatic rings. The summed E-state index contributed by atoms with van der Waals surface area (Å²) in [5, 5.41) is 9.60. The van der Waals surface area contributed by atoms with E-state index in [0.29, 0.717) is 18.8 Å². The molecule has 138 valence electrons. The van der Waals surface area contributed by atoms with E-state index in [1.807, 2.05) is 32.7 Å². The number of carboxylic acid groups (broad SMARTS) is 1. The average molecular weight is 370 g/mol. The number of likely N-dealkylation sites (tertiary alicyclic amines) is 1. The standard InChI is InChI=1S/C17H24ClN3O4/c1-17(2,3)25-16(24)21-7-5-11(6-8-21)20(4)13-9-14(18)19-10-12(13)15(22)23/h9-11H,5-8H2,1-4H3,(H,22,23). The van der Waals surface area contributed by atoms with E-state index in [1.165, 1.54) is 6.20 Å². The lowest BCUT2D eigenvalue weighted by atomic mass is 10.0. The second kappa shape index (κ2) is 7.47. The second-order valence-electron chi connectivity index (χ2n) is 7.14. The molecule has 7 nitrogen and oxygen atoms in total. The zero-order chi connectivity index (χ0) is 18.8. The van der Waals surface area contributed by atoms with Crippen LogP contribution in [0.2, 0.25) is 5.15 Å². The van der Waals surface area contributed by atoms with E-state index in [2.05, 4.69) is 4.98 Å². The molecule has 1 aromatic rings. The Bertz CT molecular complexity index is 652. The first-order valence-corrected chi connectivity index (χ1v) is 8.56. The minimum atomic E-state index is -1.04. The van der Waals surface area contributed by atoms with Gasteiger partial charge in [0.25, 0.3) is 0 Å². The monoisotopic (exact) mass is 369 g/mol. The van der Waals surface area contributed by atoms with Crippen molar-refractivity contribution in [3.05, 3.63) is 23.0 Å². The molecule has 1 fully saturated rings. The van der Waals surface area contributed by atoms with Crippen molar-refractivity contribution in [1.82, 2.24) is 9.88 Å². The number of piperidine rings is 1. The number of nitrogens with zero attached hydrogens (tertiary/aromatic N) is 3. The molecule has 1 N–H and O–H groups in total. The van der Waals surface area contributed by atoms with E-state index in [1.54, 1.807) is 11.0 Å². The Balaban J connectivity index is 2.05. The highest BCUT2D eigenvalue weighted by molar-refractivity contribution is 6.29. The SMILES string of the molecule is CN(c1cc(Cl)ncc1C(=O)O)C1CCN(C(=O)OC(C)(C)C)CC1. The molecule has 0 aliphatic carbocycles. The van der Waals surface area contributed by atoms with Gasteiger partial charge in [-0.15, -0.1) is 0 Å². The molecule has 1 aliphatic heterocycles. The van der Waals surface area contributed by atoms with E-state index in [4.69, 9.17) is 16.3 Å². The van der Waals surface area contributed by atoms with E-state index in [-0.39, 0.29) is 22.9 Å². The Morgan fingerprint density at radius 3 is 2.48 bits per heavy atom. The van der Waals surface area contributed by atoms with Gasteiger partial charge in [-0.25, -0.2) is 14.6 Å². The zero-order valence-electron chi connectivity index (χ0n) is 15.0. The number of carbonyl (C=O) groups is 2. The number of hydrogen-bond acceptors (Lipinski definition) is 5. The highest BCUT2D eigenvalue weighted by Crippen LogP contribution is 2.28. The first-order valence-electron chi connectivity index (χ1n) is 8.18. The Hall–Kier alpha value is -2.02. The number of halogens is 1. The van der Waals surface area contributed by atoms with Crippen LogP contribution in [0, 0.1) is 0 Å². The molecular formula is C17H24ClN3O4. The van der Waals surface area contributed by atoms with Crippen molar-refractivity contribution in [1.29, 1.82) is 0 Å². The number of hydrogen-bond donors (Lipinski definition) is 1. The normalized spacial score (nSPS) is 15.8. The lowest BCUT2D eigenvalue weighted by Crippen LogP contribution is -2.47. The van der Waals surface area contributed by atoms with Gasteiger partial charge in [0.05, 0.1) is 5.69 Å². The number of pyridine rings is 1. The largest absolute Gasteiger partial charge is 0.478 e. The summed E-state index contributed by atoms with van der Waals surface area (Å²) in [6.45, 7) is 6.64. The minimum absolute atomic E-state index is 0.107. The van der Waals surface area contributed by atoms with Gasteiger partial charge in [0.15, 0.2) is 0 Å². The van der Waals surface area contributed by atoms with Gasteiger partial charge >= 0.3 is 12.1 Å². The fraction of sp³-hybridized carbons (Fsp3) is 0.588. The van der Waals surface area contributed by atoms with Crippen LogP contribution in [0.5, 0.6) is 0 Å². The number of aromatic nitrogens is 1. The summed E-state index contributed by atoms with van der Waals surface area (Å²) in [6, 6.07) is 1.67. The average Bonchev–Trinajstić information content (AvgIpc) is 2.52. The fourth-order valence-corrected chi connectivity index (χ4v) is 2.99. The van der Waals surface area contributed by atoms with Crippen LogP contribution in [-0.4, -0.2) is 58.8 Å². The van der Waals surface area contributed by atoms with Crippen molar-refractivity contribution in [2.75, 3.05) is 25.0 Å². The van der Waals surface area contributed by atoms with E-state index < -0.39 is 11.6 Å². The Kier molecular flexibility index (Phi) is 5.77. The number of amides is 1. The molecule has 1 aromatic heterocycles. The smallest absolute Gasteiger partial charge is 0.410 e. The lowest BCUT2D eigenvalue weighted by molar-refractivity contribution is 0.0205. The van der Waals surface area contributed by atoms with Crippen molar-refractivity contribution < 1.29 is 19.4 Å². The summed E-state index contributed by atoms with van der Waals surface area (Å²) in [4.78, 5) is 31.0. The van der Waals surface area contributed by atoms with Crippen molar-refractivity contribution in [2.45, 2.75) is 45.3 Å². The predicted molar refractivity (Wildman–Crippen MR) is 95.4 cm³/mol. The Morgan fingerprint density at radius 2 is 1.96 bits per heavy atom.